The van der Waals surface area contributed by atoms with Crippen molar-refractivity contribution in [2.45, 2.75) is 25.2 Å². The highest BCUT2D eigenvalue weighted by molar-refractivity contribution is 7.91. The standard InChI is InChI=1S/C19H19N3O4S/c1-13-6-8-16(9-7-13)27(24,25)11-10-17(23)20-19-22-21-18(26-19)15-5-3-4-14(2)12-15/h3-9,12H,10-11H2,1-2H3,(H,20,22,23). The molecular formula is C19H19N3O4S. The lowest BCUT2D eigenvalue weighted by Crippen LogP contribution is -2.17. The van der Waals surface area contributed by atoms with Gasteiger partial charge >= 0.3 is 6.01 Å². The lowest BCUT2D eigenvalue weighted by atomic mass is 10.1. The van der Waals surface area contributed by atoms with E-state index in [1.54, 1.807) is 12.1 Å². The van der Waals surface area contributed by atoms with Crippen LogP contribution in [0.25, 0.3) is 11.5 Å². The number of hydrogen-bond acceptors (Lipinski definition) is 6. The number of rotatable bonds is 6. The molecule has 0 aliphatic rings. The van der Waals surface area contributed by atoms with E-state index in [9.17, 15) is 13.2 Å². The SMILES string of the molecule is Cc1ccc(S(=O)(=O)CCC(=O)Nc2nnc(-c3cccc(C)c3)o2)cc1. The maximum Gasteiger partial charge on any atom is 0.322 e. The molecule has 27 heavy (non-hydrogen) atoms. The number of carbonyl (C=O) groups is 1. The summed E-state index contributed by atoms with van der Waals surface area (Å²) in [5.74, 6) is -0.535. The molecule has 1 aromatic heterocycles. The summed E-state index contributed by atoms with van der Waals surface area (Å²) in [6.45, 7) is 3.82. The molecule has 0 atom stereocenters. The molecule has 1 N–H and O–H groups in total. The van der Waals surface area contributed by atoms with Crippen molar-refractivity contribution in [3.63, 3.8) is 0 Å². The largest absolute Gasteiger partial charge is 0.403 e. The van der Waals surface area contributed by atoms with Crippen molar-refractivity contribution in [2.24, 2.45) is 0 Å². The van der Waals surface area contributed by atoms with Gasteiger partial charge in [-0.2, -0.15) is 0 Å². The van der Waals surface area contributed by atoms with E-state index in [2.05, 4.69) is 15.5 Å². The van der Waals surface area contributed by atoms with Gasteiger partial charge in [0.15, 0.2) is 9.84 Å². The predicted molar refractivity (Wildman–Crippen MR) is 101 cm³/mol. The van der Waals surface area contributed by atoms with E-state index in [4.69, 9.17) is 4.42 Å². The molecule has 0 saturated heterocycles. The number of aromatic nitrogens is 2. The number of nitrogens with zero attached hydrogens (tertiary/aromatic N) is 2. The molecule has 1 heterocycles. The first kappa shape index (κ1) is 18.8. The molecule has 0 unspecified atom stereocenters. The molecule has 140 valence electrons. The van der Waals surface area contributed by atoms with Gasteiger partial charge in [-0.1, -0.05) is 40.5 Å². The molecule has 3 rings (SSSR count). The third kappa shape index (κ3) is 4.79. The molecule has 0 aliphatic heterocycles. The normalized spacial score (nSPS) is 11.3. The highest BCUT2D eigenvalue weighted by Gasteiger charge is 2.18. The summed E-state index contributed by atoms with van der Waals surface area (Å²) in [6, 6.07) is 14.0. The van der Waals surface area contributed by atoms with E-state index >= 15 is 0 Å². The second kappa shape index (κ2) is 7.71. The Bertz CT molecular complexity index is 1060. The molecule has 0 saturated carbocycles. The number of anilines is 1. The summed E-state index contributed by atoms with van der Waals surface area (Å²) in [5, 5.41) is 10.1. The first-order valence-electron chi connectivity index (χ1n) is 8.33. The fraction of sp³-hybridized carbons (Fsp3) is 0.211. The summed E-state index contributed by atoms with van der Waals surface area (Å²) < 4.78 is 30.0. The highest BCUT2D eigenvalue weighted by atomic mass is 32.2. The topological polar surface area (TPSA) is 102 Å². The van der Waals surface area contributed by atoms with Crippen molar-refractivity contribution in [1.29, 1.82) is 0 Å². The molecule has 1 amide bonds. The van der Waals surface area contributed by atoms with Crippen LogP contribution in [0.15, 0.2) is 57.8 Å². The van der Waals surface area contributed by atoms with Gasteiger partial charge in [0, 0.05) is 12.0 Å². The van der Waals surface area contributed by atoms with E-state index in [1.807, 2.05) is 38.1 Å². The fourth-order valence-electron chi connectivity index (χ4n) is 2.44. The Morgan fingerprint density at radius 2 is 1.78 bits per heavy atom. The number of benzene rings is 2. The summed E-state index contributed by atoms with van der Waals surface area (Å²) in [6.07, 6.45) is -0.210. The molecule has 0 aliphatic carbocycles. The van der Waals surface area contributed by atoms with Crippen molar-refractivity contribution >= 4 is 21.8 Å². The van der Waals surface area contributed by atoms with Crippen LogP contribution in [-0.2, 0) is 14.6 Å². The second-order valence-corrected chi connectivity index (χ2v) is 8.32. The van der Waals surface area contributed by atoms with Crippen molar-refractivity contribution in [3.05, 3.63) is 59.7 Å². The molecule has 7 nitrogen and oxygen atoms in total. The molecule has 3 aromatic rings. The highest BCUT2D eigenvalue weighted by Crippen LogP contribution is 2.21. The maximum atomic E-state index is 12.3. The zero-order chi connectivity index (χ0) is 19.4. The van der Waals surface area contributed by atoms with Gasteiger partial charge in [-0.3, -0.25) is 10.1 Å². The van der Waals surface area contributed by atoms with E-state index in [0.29, 0.717) is 0 Å². The second-order valence-electron chi connectivity index (χ2n) is 6.21. The van der Waals surface area contributed by atoms with Crippen LogP contribution in [0.1, 0.15) is 17.5 Å². The van der Waals surface area contributed by atoms with E-state index in [-0.39, 0.29) is 29.0 Å². The summed E-state index contributed by atoms with van der Waals surface area (Å²) >= 11 is 0. The van der Waals surface area contributed by atoms with Crippen LogP contribution in [0.5, 0.6) is 0 Å². The number of hydrogen-bond donors (Lipinski definition) is 1. The summed E-state index contributed by atoms with van der Waals surface area (Å²) in [4.78, 5) is 12.2. The first-order valence-corrected chi connectivity index (χ1v) is 9.98. The Balaban J connectivity index is 1.60. The Hall–Kier alpha value is -3.00. The van der Waals surface area contributed by atoms with Gasteiger partial charge in [-0.25, -0.2) is 8.42 Å². The predicted octanol–water partition coefficient (Wildman–Crippen LogP) is 3.16. The van der Waals surface area contributed by atoms with Crippen LogP contribution in [0.3, 0.4) is 0 Å². The van der Waals surface area contributed by atoms with Crippen LogP contribution >= 0.6 is 0 Å². The van der Waals surface area contributed by atoms with Crippen molar-refractivity contribution in [3.8, 4) is 11.5 Å². The quantitative estimate of drug-likeness (QED) is 0.699. The summed E-state index contributed by atoms with van der Waals surface area (Å²) in [7, 11) is -3.53. The number of nitrogens with one attached hydrogen (secondary N) is 1. The first-order chi connectivity index (χ1) is 12.8. The number of amides is 1. The van der Waals surface area contributed by atoms with Gasteiger partial charge < -0.3 is 4.42 Å². The van der Waals surface area contributed by atoms with Crippen molar-refractivity contribution < 1.29 is 17.6 Å². The van der Waals surface area contributed by atoms with Crippen molar-refractivity contribution in [2.75, 3.05) is 11.1 Å². The van der Waals surface area contributed by atoms with E-state index < -0.39 is 15.7 Å². The Morgan fingerprint density at radius 1 is 1.04 bits per heavy atom. The van der Waals surface area contributed by atoms with Crippen molar-refractivity contribution in [1.82, 2.24) is 10.2 Å². The maximum absolute atomic E-state index is 12.3. The van der Waals surface area contributed by atoms with E-state index in [1.165, 1.54) is 12.1 Å². The van der Waals surface area contributed by atoms with Gasteiger partial charge in [0.25, 0.3) is 0 Å². The molecule has 0 spiro atoms. The third-order valence-corrected chi connectivity index (χ3v) is 5.65. The minimum atomic E-state index is -3.53. The third-order valence-electron chi connectivity index (χ3n) is 3.91. The van der Waals surface area contributed by atoms with Gasteiger partial charge in [0.1, 0.15) is 0 Å². The Morgan fingerprint density at radius 3 is 2.48 bits per heavy atom. The zero-order valence-corrected chi connectivity index (χ0v) is 15.8. The number of sulfone groups is 1. The van der Waals surface area contributed by atoms with Crippen LogP contribution < -0.4 is 5.32 Å². The minimum Gasteiger partial charge on any atom is -0.403 e. The lowest BCUT2D eigenvalue weighted by Gasteiger charge is -2.04. The average molecular weight is 385 g/mol. The molecular weight excluding hydrogens is 366 g/mol. The molecule has 2 aromatic carbocycles. The lowest BCUT2D eigenvalue weighted by molar-refractivity contribution is -0.115. The Kier molecular flexibility index (Phi) is 5.36. The smallest absolute Gasteiger partial charge is 0.322 e. The average Bonchev–Trinajstić information content (AvgIpc) is 3.09. The van der Waals surface area contributed by atoms with Crippen LogP contribution in [0.2, 0.25) is 0 Å². The minimum absolute atomic E-state index is 0.0655. The van der Waals surface area contributed by atoms with Crippen LogP contribution in [0.4, 0.5) is 6.01 Å². The molecule has 0 fully saturated rings. The van der Waals surface area contributed by atoms with Crippen LogP contribution in [0, 0.1) is 13.8 Å². The van der Waals surface area contributed by atoms with Gasteiger partial charge in [0.05, 0.1) is 10.6 Å². The Labute approximate surface area is 157 Å². The zero-order valence-electron chi connectivity index (χ0n) is 15.0. The monoisotopic (exact) mass is 385 g/mol. The van der Waals surface area contributed by atoms with E-state index in [0.717, 1.165) is 16.7 Å². The molecule has 0 radical (unpaired) electrons. The van der Waals surface area contributed by atoms with Gasteiger partial charge in [-0.15, -0.1) is 5.10 Å². The number of aryl methyl sites for hydroxylation is 2. The van der Waals surface area contributed by atoms with Crippen LogP contribution in [-0.4, -0.2) is 30.3 Å². The molecule has 8 heteroatoms. The van der Waals surface area contributed by atoms with Gasteiger partial charge in [-0.05, 0) is 38.1 Å². The molecule has 0 bridgehead atoms. The van der Waals surface area contributed by atoms with Gasteiger partial charge in [0.2, 0.25) is 11.8 Å². The fourth-order valence-corrected chi connectivity index (χ4v) is 3.68. The summed E-state index contributed by atoms with van der Waals surface area (Å²) in [5.41, 5.74) is 2.75. The number of carbonyl (C=O) groups excluding carboxylic acids is 1.